The van der Waals surface area contributed by atoms with Gasteiger partial charge in [0, 0.05) is 21.6 Å². The van der Waals surface area contributed by atoms with Crippen LogP contribution in [0.1, 0.15) is 36.6 Å². The number of aliphatic carboxylic acids is 1. The Labute approximate surface area is 210 Å². The van der Waals surface area contributed by atoms with Crippen LogP contribution in [0, 0.1) is 35.5 Å². The molecule has 3 heterocycles. The first-order valence-corrected chi connectivity index (χ1v) is 13.6. The predicted molar refractivity (Wildman–Crippen MR) is 130 cm³/mol. The van der Waals surface area contributed by atoms with E-state index in [0.717, 1.165) is 32.5 Å². The average molecular weight is 515 g/mol. The van der Waals surface area contributed by atoms with E-state index in [9.17, 15) is 24.3 Å². The fourth-order valence-electron chi connectivity index (χ4n) is 7.28. The second-order valence-electron chi connectivity index (χ2n) is 10.3. The molecule has 2 aliphatic carbocycles. The van der Waals surface area contributed by atoms with Gasteiger partial charge in [0.1, 0.15) is 11.8 Å². The van der Waals surface area contributed by atoms with Gasteiger partial charge in [0.2, 0.25) is 11.8 Å². The van der Waals surface area contributed by atoms with Crippen LogP contribution in [0.4, 0.5) is 0 Å². The van der Waals surface area contributed by atoms with Crippen LogP contribution in [0.25, 0.3) is 0 Å². The number of H-pyrrole nitrogens is 1. The largest absolute Gasteiger partial charge is 0.496 e. The lowest BCUT2D eigenvalue weighted by molar-refractivity contribution is -0.157. The third kappa shape index (κ3) is 3.05. The highest BCUT2D eigenvalue weighted by Crippen LogP contribution is 2.69. The predicted octanol–water partition coefficient (Wildman–Crippen LogP) is 3.03. The number of hydrogen-bond donors (Lipinski definition) is 2. The Balaban J connectivity index is 1.46. The topological polar surface area (TPSA) is 117 Å². The molecule has 2 aromatic rings. The van der Waals surface area contributed by atoms with Crippen molar-refractivity contribution >= 4 is 40.9 Å². The first kappa shape index (κ1) is 22.8. The second-order valence-corrected chi connectivity index (χ2v) is 12.5. The van der Waals surface area contributed by atoms with Gasteiger partial charge in [0.05, 0.1) is 24.0 Å². The number of ether oxygens (including phenoxy) is 1. The molecule has 2 aliphatic heterocycles. The first-order chi connectivity index (χ1) is 16.7. The number of carbonyl (C=O) groups is 3. The van der Waals surface area contributed by atoms with Crippen LogP contribution >= 0.6 is 23.1 Å². The van der Waals surface area contributed by atoms with Gasteiger partial charge in [-0.15, -0.1) is 11.8 Å². The van der Waals surface area contributed by atoms with Crippen LogP contribution in [0.15, 0.2) is 34.1 Å². The summed E-state index contributed by atoms with van der Waals surface area (Å²) in [6, 6.07) is 6.62. The van der Waals surface area contributed by atoms with E-state index in [2.05, 4.69) is 4.98 Å². The molecule has 8 nitrogen and oxygen atoms in total. The maximum Gasteiger partial charge on any atom is 0.327 e. The van der Waals surface area contributed by atoms with E-state index in [0.29, 0.717) is 0 Å². The monoisotopic (exact) mass is 514 g/mol. The summed E-state index contributed by atoms with van der Waals surface area (Å²) in [5.74, 6) is -2.69. The van der Waals surface area contributed by atoms with Crippen LogP contribution in [0.5, 0.6) is 5.75 Å². The standard InChI is InChI=1S/C25H26N2O6S2/c1-9(2)18(24(30)31)27-22(28)16-11-8-12(17(16)23(27)29)19-15(11)14(10-6-4-5-7-13(10)33-3)20-21(34-19)26-25(32)35-20/h4-7,9,11-12,14-19H,8H2,1-3H3,(H,26,32)(H,30,31)/t11-,12+,14+,15+,16+,17-,18+,19-/m1/s1. The number of carbonyl (C=O) groups excluding carboxylic acids is 2. The van der Waals surface area contributed by atoms with Crippen LogP contribution in [-0.4, -0.2) is 51.2 Å². The molecule has 0 unspecified atom stereocenters. The Morgan fingerprint density at radius 1 is 1.14 bits per heavy atom. The van der Waals surface area contributed by atoms with Gasteiger partial charge >= 0.3 is 10.8 Å². The molecule has 2 saturated carbocycles. The highest BCUT2D eigenvalue weighted by atomic mass is 32.2. The molecule has 3 fully saturated rings. The van der Waals surface area contributed by atoms with E-state index in [4.69, 9.17) is 4.74 Å². The Hall–Kier alpha value is -2.59. The molecule has 4 aliphatic rings. The average Bonchev–Trinajstić information content (AvgIpc) is 3.54. The lowest BCUT2D eigenvalue weighted by Gasteiger charge is -2.43. The van der Waals surface area contributed by atoms with Gasteiger partial charge in [-0.25, -0.2) is 4.79 Å². The van der Waals surface area contributed by atoms with Crippen molar-refractivity contribution in [3.05, 3.63) is 44.4 Å². The highest BCUT2D eigenvalue weighted by molar-refractivity contribution is 8.00. The lowest BCUT2D eigenvalue weighted by atomic mass is 9.68. The number of carboxylic acids is 1. The number of nitrogens with zero attached hydrogens (tertiary/aromatic N) is 1. The van der Waals surface area contributed by atoms with Gasteiger partial charge in [-0.3, -0.25) is 19.3 Å². The Morgan fingerprint density at radius 3 is 2.49 bits per heavy atom. The van der Waals surface area contributed by atoms with Crippen molar-refractivity contribution in [2.75, 3.05) is 7.11 Å². The minimum absolute atomic E-state index is 0.0422. The van der Waals surface area contributed by atoms with E-state index in [1.165, 1.54) is 11.3 Å². The second kappa shape index (κ2) is 7.96. The number of para-hydroxylation sites is 1. The lowest BCUT2D eigenvalue weighted by Crippen LogP contribution is -2.49. The number of thiazole rings is 1. The molecule has 1 aromatic heterocycles. The zero-order chi connectivity index (χ0) is 24.8. The molecule has 6 rings (SSSR count). The van der Waals surface area contributed by atoms with E-state index >= 15 is 0 Å². The van der Waals surface area contributed by atoms with Crippen LogP contribution < -0.4 is 9.61 Å². The molecule has 2 N–H and O–H groups in total. The molecule has 10 heteroatoms. The molecular formula is C25H26N2O6S2. The molecule has 0 spiro atoms. The SMILES string of the molecule is COc1ccccc1[C@@H]1c2sc(=O)[nH]c2S[C@@H]2[C@H]3C[C@@H]([C@@H]4C(=O)N([C@H](C(=O)O)C(C)C)C(=O)[C@H]34)[C@@H]12. The number of hydrogen-bond acceptors (Lipinski definition) is 7. The molecule has 0 radical (unpaired) electrons. The van der Waals surface area contributed by atoms with Gasteiger partial charge in [0.15, 0.2) is 0 Å². The van der Waals surface area contributed by atoms with Crippen molar-refractivity contribution in [2.24, 2.45) is 35.5 Å². The van der Waals surface area contributed by atoms with Gasteiger partial charge < -0.3 is 14.8 Å². The zero-order valence-corrected chi connectivity index (χ0v) is 21.1. The number of imide groups is 1. The molecule has 1 aromatic carbocycles. The quantitative estimate of drug-likeness (QED) is 0.589. The van der Waals surface area contributed by atoms with E-state index in [1.807, 2.05) is 24.3 Å². The third-order valence-corrected chi connectivity index (χ3v) is 11.0. The summed E-state index contributed by atoms with van der Waals surface area (Å²) in [7, 11) is 1.63. The molecule has 2 bridgehead atoms. The number of thioether (sulfide) groups is 1. The van der Waals surface area contributed by atoms with Crippen molar-refractivity contribution < 1.29 is 24.2 Å². The molecule has 1 saturated heterocycles. The minimum Gasteiger partial charge on any atom is -0.496 e. The van der Waals surface area contributed by atoms with Gasteiger partial charge in [-0.2, -0.15) is 0 Å². The highest BCUT2D eigenvalue weighted by Gasteiger charge is 2.70. The van der Waals surface area contributed by atoms with Gasteiger partial charge in [-0.05, 0) is 36.2 Å². The van der Waals surface area contributed by atoms with E-state index in [1.54, 1.807) is 32.7 Å². The van der Waals surface area contributed by atoms with Crippen molar-refractivity contribution in [3.63, 3.8) is 0 Å². The summed E-state index contributed by atoms with van der Waals surface area (Å²) in [5, 5.41) is 10.7. The molecule has 35 heavy (non-hydrogen) atoms. The summed E-state index contributed by atoms with van der Waals surface area (Å²) in [6.45, 7) is 3.45. The Kier molecular flexibility index (Phi) is 5.20. The molecule has 8 atom stereocenters. The number of nitrogens with one attached hydrogen (secondary N) is 1. The van der Waals surface area contributed by atoms with Crippen molar-refractivity contribution in [3.8, 4) is 5.75 Å². The summed E-state index contributed by atoms with van der Waals surface area (Å²) in [6.07, 6.45) is 0.757. The molecule has 2 amide bonds. The summed E-state index contributed by atoms with van der Waals surface area (Å²) >= 11 is 2.81. The van der Waals surface area contributed by atoms with Crippen molar-refractivity contribution in [1.82, 2.24) is 9.88 Å². The fraction of sp³-hybridized carbons (Fsp3) is 0.520. The smallest absolute Gasteiger partial charge is 0.327 e. The number of rotatable bonds is 5. The maximum absolute atomic E-state index is 13.7. The minimum atomic E-state index is -1.15. The first-order valence-electron chi connectivity index (χ1n) is 11.9. The fourth-order valence-corrected chi connectivity index (χ4v) is 10.2. The molecule has 184 valence electrons. The number of methoxy groups -OCH3 is 1. The number of amides is 2. The number of benzene rings is 1. The van der Waals surface area contributed by atoms with E-state index < -0.39 is 23.8 Å². The number of fused-ring (bicyclic) bond motifs is 9. The third-order valence-electron chi connectivity index (χ3n) is 8.39. The van der Waals surface area contributed by atoms with Gasteiger partial charge in [0.25, 0.3) is 0 Å². The maximum atomic E-state index is 13.7. The molecular weight excluding hydrogens is 488 g/mol. The number of carboxylic acid groups (broad SMARTS) is 1. The zero-order valence-electron chi connectivity index (χ0n) is 19.5. The number of aromatic amines is 1. The van der Waals surface area contributed by atoms with Crippen LogP contribution in [0.2, 0.25) is 0 Å². The van der Waals surface area contributed by atoms with Crippen molar-refractivity contribution in [1.29, 1.82) is 0 Å². The van der Waals surface area contributed by atoms with Crippen LogP contribution in [0.3, 0.4) is 0 Å². The summed E-state index contributed by atoms with van der Waals surface area (Å²) in [5.41, 5.74) is 0.977. The summed E-state index contributed by atoms with van der Waals surface area (Å²) in [4.78, 5) is 56.5. The summed E-state index contributed by atoms with van der Waals surface area (Å²) < 4.78 is 5.69. The van der Waals surface area contributed by atoms with Crippen molar-refractivity contribution in [2.45, 2.75) is 42.5 Å². The van der Waals surface area contributed by atoms with Gasteiger partial charge in [-0.1, -0.05) is 43.4 Å². The van der Waals surface area contributed by atoms with Crippen LogP contribution in [-0.2, 0) is 14.4 Å². The normalized spacial score (nSPS) is 33.6. The van der Waals surface area contributed by atoms with E-state index in [-0.39, 0.29) is 51.5 Å². The Bertz CT molecular complexity index is 1300. The number of aromatic nitrogens is 1. The Morgan fingerprint density at radius 2 is 1.83 bits per heavy atom. The number of likely N-dealkylation sites (tertiary alicyclic amines) is 1.